The van der Waals surface area contributed by atoms with Gasteiger partial charge >= 0.3 is 0 Å². The number of nitrogens with one attached hydrogen (secondary N) is 1. The number of ether oxygens (including phenoxy) is 1. The van der Waals surface area contributed by atoms with Crippen molar-refractivity contribution in [2.45, 2.75) is 44.7 Å². The summed E-state index contributed by atoms with van der Waals surface area (Å²) in [6.07, 6.45) is 0.720. The van der Waals surface area contributed by atoms with Crippen LogP contribution < -0.4 is 14.4 Å². The molecular formula is C29H33BrFN3O5S. The Labute approximate surface area is 243 Å². The summed E-state index contributed by atoms with van der Waals surface area (Å²) in [6, 6.07) is 17.1. The summed E-state index contributed by atoms with van der Waals surface area (Å²) in [6.45, 7) is 5.66. The number of hydrogen-bond acceptors (Lipinski definition) is 5. The quantitative estimate of drug-likeness (QED) is 0.282. The second-order valence-corrected chi connectivity index (χ2v) is 11.8. The van der Waals surface area contributed by atoms with E-state index in [2.05, 4.69) is 21.2 Å². The minimum Gasteiger partial charge on any atom is -0.494 e. The van der Waals surface area contributed by atoms with Gasteiger partial charge in [0.1, 0.15) is 24.2 Å². The molecule has 3 aromatic rings. The van der Waals surface area contributed by atoms with Gasteiger partial charge in [-0.2, -0.15) is 0 Å². The van der Waals surface area contributed by atoms with Gasteiger partial charge in [-0.1, -0.05) is 35.0 Å². The molecule has 0 aliphatic rings. The maximum Gasteiger partial charge on any atom is 0.264 e. The first kappa shape index (κ1) is 31.1. The highest BCUT2D eigenvalue weighted by atomic mass is 79.9. The minimum absolute atomic E-state index is 0.0683. The van der Waals surface area contributed by atoms with Gasteiger partial charge in [0.05, 0.1) is 17.2 Å². The van der Waals surface area contributed by atoms with E-state index in [1.165, 1.54) is 41.3 Å². The van der Waals surface area contributed by atoms with Gasteiger partial charge in [0.15, 0.2) is 0 Å². The summed E-state index contributed by atoms with van der Waals surface area (Å²) in [5.41, 5.74) is 0.865. The van der Waals surface area contributed by atoms with Crippen molar-refractivity contribution in [3.8, 4) is 5.75 Å². The predicted molar refractivity (Wildman–Crippen MR) is 156 cm³/mol. The number of halogens is 2. The van der Waals surface area contributed by atoms with E-state index in [-0.39, 0.29) is 23.0 Å². The molecule has 11 heteroatoms. The Balaban J connectivity index is 2.00. The van der Waals surface area contributed by atoms with E-state index in [9.17, 15) is 22.4 Å². The molecule has 1 N–H and O–H groups in total. The van der Waals surface area contributed by atoms with Crippen LogP contribution in [0.25, 0.3) is 0 Å². The summed E-state index contributed by atoms with van der Waals surface area (Å²) in [5, 5.41) is 2.80. The number of sulfonamides is 1. The number of anilines is 1. The molecule has 0 unspecified atom stereocenters. The number of carbonyl (C=O) groups excluding carboxylic acids is 2. The van der Waals surface area contributed by atoms with Gasteiger partial charge in [-0.3, -0.25) is 13.9 Å². The van der Waals surface area contributed by atoms with Crippen molar-refractivity contribution in [3.05, 3.63) is 88.6 Å². The summed E-state index contributed by atoms with van der Waals surface area (Å²) in [7, 11) is -4.26. The number of benzene rings is 3. The van der Waals surface area contributed by atoms with E-state index in [4.69, 9.17) is 4.74 Å². The molecule has 0 aliphatic carbocycles. The van der Waals surface area contributed by atoms with Crippen LogP contribution in [0.1, 0.15) is 32.8 Å². The standard InChI is InChI=1S/C29H33BrFN3O5S/c1-4-18-32-29(36)21(3)33(19-22-6-8-23(30)9-7-22)28(35)20-34(25-12-10-24(31)11-13-25)40(37,38)27-16-14-26(15-17-27)39-5-2/h6-17,21H,4-5,18-20H2,1-3H3,(H,32,36)/t21-/m1/s1. The van der Waals surface area contributed by atoms with Gasteiger partial charge in [-0.15, -0.1) is 0 Å². The van der Waals surface area contributed by atoms with E-state index in [0.717, 1.165) is 32.9 Å². The fraction of sp³-hybridized carbons (Fsp3) is 0.310. The normalized spacial score (nSPS) is 11.9. The van der Waals surface area contributed by atoms with E-state index in [1.807, 2.05) is 38.1 Å². The summed E-state index contributed by atoms with van der Waals surface area (Å²) >= 11 is 3.39. The Morgan fingerprint density at radius 2 is 1.60 bits per heavy atom. The molecule has 1 atom stereocenters. The van der Waals surface area contributed by atoms with E-state index < -0.39 is 34.3 Å². The minimum atomic E-state index is -4.26. The third-order valence-electron chi connectivity index (χ3n) is 6.10. The van der Waals surface area contributed by atoms with Gasteiger partial charge in [-0.25, -0.2) is 12.8 Å². The molecule has 40 heavy (non-hydrogen) atoms. The smallest absolute Gasteiger partial charge is 0.264 e. The van der Waals surface area contributed by atoms with E-state index in [0.29, 0.717) is 18.9 Å². The number of hydrogen-bond donors (Lipinski definition) is 1. The molecule has 0 bridgehead atoms. The molecule has 2 amide bonds. The van der Waals surface area contributed by atoms with Crippen LogP contribution in [-0.4, -0.2) is 50.9 Å². The van der Waals surface area contributed by atoms with Gasteiger partial charge in [-0.05, 0) is 86.5 Å². The largest absolute Gasteiger partial charge is 0.494 e. The van der Waals surface area contributed by atoms with Crippen molar-refractivity contribution in [1.82, 2.24) is 10.2 Å². The number of rotatable bonds is 13. The molecule has 0 spiro atoms. The van der Waals surface area contributed by atoms with Crippen molar-refractivity contribution >= 4 is 43.5 Å². The first-order valence-electron chi connectivity index (χ1n) is 12.9. The zero-order chi connectivity index (χ0) is 29.3. The van der Waals surface area contributed by atoms with Crippen molar-refractivity contribution in [1.29, 1.82) is 0 Å². The monoisotopic (exact) mass is 633 g/mol. The third kappa shape index (κ3) is 8.04. The van der Waals surface area contributed by atoms with Gasteiger partial charge < -0.3 is 15.0 Å². The number of amides is 2. The molecule has 0 radical (unpaired) electrons. The Bertz CT molecular complexity index is 1380. The molecule has 0 fully saturated rings. The second-order valence-electron chi connectivity index (χ2n) is 9.01. The van der Waals surface area contributed by atoms with Crippen molar-refractivity contribution in [2.24, 2.45) is 0 Å². The average Bonchev–Trinajstić information content (AvgIpc) is 2.94. The molecule has 0 saturated carbocycles. The third-order valence-corrected chi connectivity index (χ3v) is 8.42. The van der Waals surface area contributed by atoms with Crippen molar-refractivity contribution in [3.63, 3.8) is 0 Å². The predicted octanol–water partition coefficient (Wildman–Crippen LogP) is 5.13. The number of nitrogens with zero attached hydrogens (tertiary/aromatic N) is 2. The van der Waals surface area contributed by atoms with Crippen LogP contribution >= 0.6 is 15.9 Å². The van der Waals surface area contributed by atoms with Crippen LogP contribution in [0.3, 0.4) is 0 Å². The van der Waals surface area contributed by atoms with Crippen LogP contribution in [0.15, 0.2) is 82.2 Å². The van der Waals surface area contributed by atoms with Crippen LogP contribution in [0.4, 0.5) is 10.1 Å². The summed E-state index contributed by atoms with van der Waals surface area (Å²) in [5.74, 6) is -0.999. The van der Waals surface area contributed by atoms with E-state index in [1.54, 1.807) is 6.92 Å². The summed E-state index contributed by atoms with van der Waals surface area (Å²) < 4.78 is 48.6. The maximum absolute atomic E-state index is 13.8. The average molecular weight is 635 g/mol. The van der Waals surface area contributed by atoms with Crippen molar-refractivity contribution in [2.75, 3.05) is 24.0 Å². The molecule has 0 aromatic heterocycles. The lowest BCUT2D eigenvalue weighted by atomic mass is 10.1. The lowest BCUT2D eigenvalue weighted by molar-refractivity contribution is -0.139. The molecule has 0 saturated heterocycles. The highest BCUT2D eigenvalue weighted by Gasteiger charge is 2.32. The van der Waals surface area contributed by atoms with Crippen LogP contribution in [-0.2, 0) is 26.2 Å². The van der Waals surface area contributed by atoms with Crippen molar-refractivity contribution < 1.29 is 27.1 Å². The van der Waals surface area contributed by atoms with Gasteiger partial charge in [0.25, 0.3) is 10.0 Å². The zero-order valence-corrected chi connectivity index (χ0v) is 25.0. The molecule has 8 nitrogen and oxygen atoms in total. The van der Waals surface area contributed by atoms with Crippen LogP contribution in [0, 0.1) is 5.82 Å². The topological polar surface area (TPSA) is 96.0 Å². The Morgan fingerprint density at radius 3 is 2.17 bits per heavy atom. The molecule has 3 aromatic carbocycles. The van der Waals surface area contributed by atoms with E-state index >= 15 is 0 Å². The molecular weight excluding hydrogens is 601 g/mol. The molecule has 0 heterocycles. The first-order valence-corrected chi connectivity index (χ1v) is 15.1. The second kappa shape index (κ2) is 14.3. The number of carbonyl (C=O) groups is 2. The highest BCUT2D eigenvalue weighted by molar-refractivity contribution is 9.10. The summed E-state index contributed by atoms with van der Waals surface area (Å²) in [4.78, 5) is 28.0. The lowest BCUT2D eigenvalue weighted by Gasteiger charge is -2.32. The zero-order valence-electron chi connectivity index (χ0n) is 22.6. The fourth-order valence-electron chi connectivity index (χ4n) is 3.90. The molecule has 3 rings (SSSR count). The molecule has 214 valence electrons. The Hall–Kier alpha value is -3.44. The highest BCUT2D eigenvalue weighted by Crippen LogP contribution is 2.26. The van der Waals surface area contributed by atoms with Crippen LogP contribution in [0.5, 0.6) is 5.75 Å². The maximum atomic E-state index is 13.8. The SMILES string of the molecule is CCCNC(=O)[C@@H](C)N(Cc1ccc(Br)cc1)C(=O)CN(c1ccc(F)cc1)S(=O)(=O)c1ccc(OCC)cc1. The first-order chi connectivity index (χ1) is 19.1. The lowest BCUT2D eigenvalue weighted by Crippen LogP contribution is -2.51. The van der Waals surface area contributed by atoms with Gasteiger partial charge in [0.2, 0.25) is 11.8 Å². The van der Waals surface area contributed by atoms with Crippen LogP contribution in [0.2, 0.25) is 0 Å². The Morgan fingerprint density at radius 1 is 0.975 bits per heavy atom. The molecule has 0 aliphatic heterocycles. The fourth-order valence-corrected chi connectivity index (χ4v) is 5.58. The van der Waals surface area contributed by atoms with Gasteiger partial charge in [0, 0.05) is 17.6 Å². The Kier molecular flexibility index (Phi) is 11.1.